The molecule has 1 aromatic carbocycles. The lowest BCUT2D eigenvalue weighted by molar-refractivity contribution is 0.160. The summed E-state index contributed by atoms with van der Waals surface area (Å²) in [6.07, 6.45) is 3.88. The van der Waals surface area contributed by atoms with Gasteiger partial charge in [0.2, 0.25) is 0 Å². The first kappa shape index (κ1) is 14.4. The third-order valence-electron chi connectivity index (χ3n) is 4.36. The van der Waals surface area contributed by atoms with E-state index in [-0.39, 0.29) is 0 Å². The van der Waals surface area contributed by atoms with Crippen LogP contribution >= 0.6 is 0 Å². The Balaban J connectivity index is 2.10. The molecular weight excluding hydrogens is 236 g/mol. The van der Waals surface area contributed by atoms with E-state index in [4.69, 9.17) is 10.5 Å². The molecule has 1 aliphatic rings. The van der Waals surface area contributed by atoms with E-state index in [1.54, 1.807) is 7.11 Å². The van der Waals surface area contributed by atoms with Gasteiger partial charge in [-0.05, 0) is 37.9 Å². The number of hydrogen-bond acceptors (Lipinski definition) is 3. The van der Waals surface area contributed by atoms with Crippen LogP contribution in [0.4, 0.5) is 0 Å². The number of hydrogen-bond donors (Lipinski definition) is 1. The Kier molecular flexibility index (Phi) is 5.23. The van der Waals surface area contributed by atoms with Crippen molar-refractivity contribution in [3.63, 3.8) is 0 Å². The second kappa shape index (κ2) is 6.92. The van der Waals surface area contributed by atoms with E-state index >= 15 is 0 Å². The monoisotopic (exact) mass is 262 g/mol. The predicted octanol–water partition coefficient (Wildman–Crippen LogP) is 2.64. The van der Waals surface area contributed by atoms with Gasteiger partial charge in [-0.3, -0.25) is 4.90 Å². The highest BCUT2D eigenvalue weighted by Gasteiger charge is 2.30. The summed E-state index contributed by atoms with van der Waals surface area (Å²) < 4.78 is 5.46. The van der Waals surface area contributed by atoms with Crippen molar-refractivity contribution in [1.82, 2.24) is 4.90 Å². The lowest BCUT2D eigenvalue weighted by Crippen LogP contribution is -2.39. The van der Waals surface area contributed by atoms with Gasteiger partial charge in [0.1, 0.15) is 5.75 Å². The zero-order valence-electron chi connectivity index (χ0n) is 12.1. The normalized spacial score (nSPS) is 22.9. The Morgan fingerprint density at radius 2 is 2.11 bits per heavy atom. The van der Waals surface area contributed by atoms with Gasteiger partial charge in [0.15, 0.2) is 0 Å². The molecule has 0 heterocycles. The quantitative estimate of drug-likeness (QED) is 0.856. The Morgan fingerprint density at radius 3 is 2.79 bits per heavy atom. The minimum Gasteiger partial charge on any atom is -0.496 e. The van der Waals surface area contributed by atoms with Crippen LogP contribution in [0.25, 0.3) is 0 Å². The summed E-state index contributed by atoms with van der Waals surface area (Å²) in [4.78, 5) is 2.56. The first-order chi connectivity index (χ1) is 9.30. The van der Waals surface area contributed by atoms with Crippen LogP contribution in [-0.2, 0) is 6.54 Å². The predicted molar refractivity (Wildman–Crippen MR) is 79.3 cm³/mol. The number of nitrogens with zero attached hydrogens (tertiary/aromatic N) is 1. The molecule has 19 heavy (non-hydrogen) atoms. The zero-order chi connectivity index (χ0) is 13.7. The molecule has 2 rings (SSSR count). The molecule has 1 aliphatic carbocycles. The van der Waals surface area contributed by atoms with E-state index in [0.29, 0.717) is 12.0 Å². The second-order valence-corrected chi connectivity index (χ2v) is 5.37. The second-order valence-electron chi connectivity index (χ2n) is 5.37. The van der Waals surface area contributed by atoms with Crippen molar-refractivity contribution in [2.45, 2.75) is 38.8 Å². The third kappa shape index (κ3) is 3.28. The molecule has 0 amide bonds. The Labute approximate surface area is 116 Å². The fourth-order valence-electron chi connectivity index (χ4n) is 3.29. The molecule has 3 heteroatoms. The first-order valence-electron chi connectivity index (χ1n) is 7.36. The smallest absolute Gasteiger partial charge is 0.123 e. The Bertz CT molecular complexity index is 394. The number of benzene rings is 1. The van der Waals surface area contributed by atoms with Crippen molar-refractivity contribution in [2.24, 2.45) is 11.7 Å². The number of rotatable bonds is 6. The summed E-state index contributed by atoms with van der Waals surface area (Å²) in [7, 11) is 1.74. The third-order valence-corrected chi connectivity index (χ3v) is 4.36. The molecule has 2 N–H and O–H groups in total. The SMILES string of the molecule is CCN(Cc1ccccc1OC)C1CCCC1CN. The molecule has 1 fully saturated rings. The maximum atomic E-state index is 5.91. The maximum absolute atomic E-state index is 5.91. The van der Waals surface area contributed by atoms with E-state index in [9.17, 15) is 0 Å². The summed E-state index contributed by atoms with van der Waals surface area (Å²) >= 11 is 0. The van der Waals surface area contributed by atoms with Crippen molar-refractivity contribution in [3.8, 4) is 5.75 Å². The standard InChI is InChI=1S/C16H26N2O/c1-3-18(15-9-6-8-13(15)11-17)12-14-7-4-5-10-16(14)19-2/h4-5,7,10,13,15H,3,6,8-9,11-12,17H2,1-2H3. The molecule has 0 aromatic heterocycles. The average molecular weight is 262 g/mol. The summed E-state index contributed by atoms with van der Waals surface area (Å²) in [6, 6.07) is 8.95. The molecule has 1 aromatic rings. The minimum absolute atomic E-state index is 0.639. The summed E-state index contributed by atoms with van der Waals surface area (Å²) in [6.45, 7) is 5.08. The van der Waals surface area contributed by atoms with Gasteiger partial charge < -0.3 is 10.5 Å². The van der Waals surface area contributed by atoms with Crippen LogP contribution in [0, 0.1) is 5.92 Å². The summed E-state index contributed by atoms with van der Waals surface area (Å²) in [5, 5.41) is 0. The van der Waals surface area contributed by atoms with Crippen molar-refractivity contribution >= 4 is 0 Å². The highest BCUT2D eigenvalue weighted by atomic mass is 16.5. The zero-order valence-corrected chi connectivity index (χ0v) is 12.1. The van der Waals surface area contributed by atoms with Crippen LogP contribution in [0.3, 0.4) is 0 Å². The van der Waals surface area contributed by atoms with Gasteiger partial charge in [-0.2, -0.15) is 0 Å². The molecular formula is C16H26N2O. The molecule has 1 saturated carbocycles. The van der Waals surface area contributed by atoms with Crippen LogP contribution < -0.4 is 10.5 Å². The van der Waals surface area contributed by atoms with Gasteiger partial charge in [-0.15, -0.1) is 0 Å². The Morgan fingerprint density at radius 1 is 1.32 bits per heavy atom. The fourth-order valence-corrected chi connectivity index (χ4v) is 3.29. The lowest BCUT2D eigenvalue weighted by atomic mass is 10.0. The summed E-state index contributed by atoms with van der Waals surface area (Å²) in [5.41, 5.74) is 7.19. The van der Waals surface area contributed by atoms with Crippen molar-refractivity contribution in [2.75, 3.05) is 20.2 Å². The van der Waals surface area contributed by atoms with Gasteiger partial charge in [-0.25, -0.2) is 0 Å². The topological polar surface area (TPSA) is 38.5 Å². The van der Waals surface area contributed by atoms with Crippen LogP contribution in [0.2, 0.25) is 0 Å². The van der Waals surface area contributed by atoms with Gasteiger partial charge in [0.25, 0.3) is 0 Å². The van der Waals surface area contributed by atoms with Gasteiger partial charge in [0.05, 0.1) is 7.11 Å². The van der Waals surface area contributed by atoms with Gasteiger partial charge >= 0.3 is 0 Å². The Hall–Kier alpha value is -1.06. The number of para-hydroxylation sites is 1. The van der Waals surface area contributed by atoms with Crippen LogP contribution in [0.1, 0.15) is 31.7 Å². The van der Waals surface area contributed by atoms with Crippen LogP contribution in [0.5, 0.6) is 5.75 Å². The summed E-state index contributed by atoms with van der Waals surface area (Å²) in [5.74, 6) is 1.65. The molecule has 0 radical (unpaired) electrons. The van der Waals surface area contributed by atoms with E-state index in [1.807, 2.05) is 12.1 Å². The van der Waals surface area contributed by atoms with Crippen LogP contribution in [0.15, 0.2) is 24.3 Å². The molecule has 0 bridgehead atoms. The molecule has 0 aliphatic heterocycles. The molecule has 2 unspecified atom stereocenters. The first-order valence-corrected chi connectivity index (χ1v) is 7.36. The van der Waals surface area contributed by atoms with Crippen LogP contribution in [-0.4, -0.2) is 31.1 Å². The largest absolute Gasteiger partial charge is 0.496 e. The lowest BCUT2D eigenvalue weighted by Gasteiger charge is -2.32. The molecule has 0 saturated heterocycles. The number of nitrogens with two attached hydrogens (primary N) is 1. The highest BCUT2D eigenvalue weighted by molar-refractivity contribution is 5.33. The average Bonchev–Trinajstić information content (AvgIpc) is 2.93. The van der Waals surface area contributed by atoms with Crippen molar-refractivity contribution in [1.29, 1.82) is 0 Å². The molecule has 0 spiro atoms. The van der Waals surface area contributed by atoms with E-state index in [1.165, 1.54) is 24.8 Å². The van der Waals surface area contributed by atoms with Gasteiger partial charge in [-0.1, -0.05) is 31.5 Å². The van der Waals surface area contributed by atoms with E-state index in [2.05, 4.69) is 24.0 Å². The molecule has 106 valence electrons. The maximum Gasteiger partial charge on any atom is 0.123 e. The fraction of sp³-hybridized carbons (Fsp3) is 0.625. The minimum atomic E-state index is 0.639. The number of ether oxygens (including phenoxy) is 1. The van der Waals surface area contributed by atoms with Gasteiger partial charge in [0, 0.05) is 18.2 Å². The van der Waals surface area contributed by atoms with E-state index in [0.717, 1.165) is 25.4 Å². The van der Waals surface area contributed by atoms with Crippen molar-refractivity contribution < 1.29 is 4.74 Å². The van der Waals surface area contributed by atoms with E-state index < -0.39 is 0 Å². The molecule has 3 nitrogen and oxygen atoms in total. The molecule has 2 atom stereocenters. The van der Waals surface area contributed by atoms with Crippen molar-refractivity contribution in [3.05, 3.63) is 29.8 Å². The number of methoxy groups -OCH3 is 1. The highest BCUT2D eigenvalue weighted by Crippen LogP contribution is 2.31.